The monoisotopic (exact) mass is 331 g/mol. The summed E-state index contributed by atoms with van der Waals surface area (Å²) in [6.07, 6.45) is 3.43. The van der Waals surface area contributed by atoms with Crippen molar-refractivity contribution in [2.75, 3.05) is 0 Å². The molecule has 1 aromatic carbocycles. The number of nitrogens with one attached hydrogen (secondary N) is 1. The van der Waals surface area contributed by atoms with Gasteiger partial charge in [-0.15, -0.1) is 0 Å². The third-order valence-electron chi connectivity index (χ3n) is 3.13. The van der Waals surface area contributed by atoms with Gasteiger partial charge < -0.3 is 0 Å². The average Bonchev–Trinajstić information content (AvgIpc) is 3.12. The Morgan fingerprint density at radius 2 is 1.94 bits per heavy atom. The third-order valence-corrected chi connectivity index (χ3v) is 5.38. The molecule has 2 rings (SSSR count). The van der Waals surface area contributed by atoms with E-state index in [-0.39, 0.29) is 6.04 Å². The van der Waals surface area contributed by atoms with Gasteiger partial charge in [0.2, 0.25) is 10.0 Å². The molecule has 1 saturated carbocycles. The fourth-order valence-electron chi connectivity index (χ4n) is 1.99. The Hall–Kier alpha value is -0.390. The molecule has 3 nitrogen and oxygen atoms in total. The summed E-state index contributed by atoms with van der Waals surface area (Å²) in [5, 5.41) is 0.735. The number of hydrogen-bond donors (Lipinski definition) is 1. The fraction of sp³-hybridized carbons (Fsp3) is 0.538. The summed E-state index contributed by atoms with van der Waals surface area (Å²) in [5.74, 6) is 0.721. The van der Waals surface area contributed by atoms with Crippen molar-refractivity contribution in [3.8, 4) is 0 Å². The Bertz CT molecular complexity index is 494. The van der Waals surface area contributed by atoms with E-state index in [1.54, 1.807) is 12.1 Å². The van der Waals surface area contributed by atoms with Crippen LogP contribution in [0.5, 0.6) is 0 Å². The Labute approximate surface area is 117 Å². The summed E-state index contributed by atoms with van der Waals surface area (Å²) >= 11 is 3.34. The van der Waals surface area contributed by atoms with Crippen molar-refractivity contribution in [2.45, 2.75) is 42.5 Å². The van der Waals surface area contributed by atoms with Crippen LogP contribution in [-0.2, 0) is 15.4 Å². The highest BCUT2D eigenvalue weighted by atomic mass is 79.9. The molecular weight excluding hydrogens is 314 g/mol. The lowest BCUT2D eigenvalue weighted by molar-refractivity contribution is 0.530. The predicted octanol–water partition coefficient (Wildman–Crippen LogP) is 3.05. The van der Waals surface area contributed by atoms with Gasteiger partial charge in [0, 0.05) is 11.4 Å². The Morgan fingerprint density at radius 3 is 2.44 bits per heavy atom. The van der Waals surface area contributed by atoms with E-state index < -0.39 is 10.0 Å². The summed E-state index contributed by atoms with van der Waals surface area (Å²) in [4.78, 5) is 0.342. The second-order valence-electron chi connectivity index (χ2n) is 4.98. The first-order chi connectivity index (χ1) is 8.51. The molecule has 1 unspecified atom stereocenters. The lowest BCUT2D eigenvalue weighted by atomic mass is 10.2. The number of rotatable bonds is 6. The Morgan fingerprint density at radius 1 is 1.33 bits per heavy atom. The SMILES string of the molecule is CC(CC1CC1)NS(=O)(=O)c1ccc(CBr)cc1. The third kappa shape index (κ3) is 3.80. The first kappa shape index (κ1) is 14.0. The molecule has 1 aliphatic rings. The molecule has 1 aromatic rings. The van der Waals surface area contributed by atoms with Gasteiger partial charge in [-0.25, -0.2) is 13.1 Å². The molecule has 0 radical (unpaired) electrons. The fourth-order valence-corrected chi connectivity index (χ4v) is 3.62. The standard InChI is InChI=1S/C13H18BrNO2S/c1-10(8-11-2-3-11)15-18(16,17)13-6-4-12(9-14)5-7-13/h4-7,10-11,15H,2-3,8-9H2,1H3. The molecule has 0 spiro atoms. The molecule has 0 saturated heterocycles. The maximum atomic E-state index is 12.1. The van der Waals surface area contributed by atoms with E-state index in [1.807, 2.05) is 19.1 Å². The first-order valence-electron chi connectivity index (χ1n) is 6.18. The van der Waals surface area contributed by atoms with Crippen molar-refractivity contribution in [3.63, 3.8) is 0 Å². The zero-order valence-electron chi connectivity index (χ0n) is 10.4. The topological polar surface area (TPSA) is 46.2 Å². The van der Waals surface area contributed by atoms with Crippen LogP contribution in [0.2, 0.25) is 0 Å². The summed E-state index contributed by atoms with van der Waals surface area (Å²) in [7, 11) is -3.37. The molecule has 18 heavy (non-hydrogen) atoms. The molecule has 1 atom stereocenters. The normalized spacial score (nSPS) is 17.7. The molecule has 0 heterocycles. The van der Waals surface area contributed by atoms with Gasteiger partial charge >= 0.3 is 0 Å². The van der Waals surface area contributed by atoms with E-state index >= 15 is 0 Å². The minimum Gasteiger partial charge on any atom is -0.208 e. The Balaban J connectivity index is 2.03. The second kappa shape index (κ2) is 5.72. The van der Waals surface area contributed by atoms with Gasteiger partial charge in [0.25, 0.3) is 0 Å². The van der Waals surface area contributed by atoms with Crippen LogP contribution in [0.3, 0.4) is 0 Å². The molecule has 1 N–H and O–H groups in total. The van der Waals surface area contributed by atoms with Crippen molar-refractivity contribution >= 4 is 26.0 Å². The van der Waals surface area contributed by atoms with Gasteiger partial charge in [-0.1, -0.05) is 40.9 Å². The molecule has 100 valence electrons. The van der Waals surface area contributed by atoms with Gasteiger partial charge in [-0.2, -0.15) is 0 Å². The van der Waals surface area contributed by atoms with Gasteiger partial charge in [-0.05, 0) is 37.0 Å². The van der Waals surface area contributed by atoms with Crippen LogP contribution >= 0.6 is 15.9 Å². The molecular formula is C13H18BrNO2S. The minimum absolute atomic E-state index is 0.0124. The zero-order valence-corrected chi connectivity index (χ0v) is 12.8. The molecule has 5 heteroatoms. The van der Waals surface area contributed by atoms with Crippen LogP contribution in [-0.4, -0.2) is 14.5 Å². The second-order valence-corrected chi connectivity index (χ2v) is 7.25. The Kier molecular flexibility index (Phi) is 4.45. The zero-order chi connectivity index (χ0) is 13.2. The smallest absolute Gasteiger partial charge is 0.208 e. The van der Waals surface area contributed by atoms with Crippen LogP contribution in [0.4, 0.5) is 0 Å². The molecule has 0 amide bonds. The van der Waals surface area contributed by atoms with E-state index in [4.69, 9.17) is 0 Å². The van der Waals surface area contributed by atoms with Crippen molar-refractivity contribution in [1.29, 1.82) is 0 Å². The summed E-state index contributed by atoms with van der Waals surface area (Å²) in [6.45, 7) is 1.93. The number of halogens is 1. The van der Waals surface area contributed by atoms with Gasteiger partial charge in [0.05, 0.1) is 4.90 Å². The van der Waals surface area contributed by atoms with Crippen molar-refractivity contribution in [1.82, 2.24) is 4.72 Å². The predicted molar refractivity (Wildman–Crippen MR) is 76.2 cm³/mol. The van der Waals surface area contributed by atoms with Crippen LogP contribution in [0.1, 0.15) is 31.7 Å². The van der Waals surface area contributed by atoms with Crippen molar-refractivity contribution in [2.24, 2.45) is 5.92 Å². The maximum Gasteiger partial charge on any atom is 0.240 e. The van der Waals surface area contributed by atoms with Crippen molar-refractivity contribution < 1.29 is 8.42 Å². The van der Waals surface area contributed by atoms with E-state index in [2.05, 4.69) is 20.7 Å². The van der Waals surface area contributed by atoms with Crippen LogP contribution in [0, 0.1) is 5.92 Å². The maximum absolute atomic E-state index is 12.1. The number of hydrogen-bond acceptors (Lipinski definition) is 2. The van der Waals surface area contributed by atoms with E-state index in [0.29, 0.717) is 4.90 Å². The molecule has 1 fully saturated rings. The average molecular weight is 332 g/mol. The lowest BCUT2D eigenvalue weighted by Gasteiger charge is -2.13. The highest BCUT2D eigenvalue weighted by Gasteiger charge is 2.26. The quantitative estimate of drug-likeness (QED) is 0.814. The highest BCUT2D eigenvalue weighted by molar-refractivity contribution is 9.08. The van der Waals surface area contributed by atoms with E-state index in [1.165, 1.54) is 12.8 Å². The summed E-state index contributed by atoms with van der Waals surface area (Å²) in [6, 6.07) is 6.98. The number of benzene rings is 1. The van der Waals surface area contributed by atoms with Crippen LogP contribution in [0.25, 0.3) is 0 Å². The number of sulfonamides is 1. The molecule has 0 aliphatic heterocycles. The first-order valence-corrected chi connectivity index (χ1v) is 8.79. The molecule has 0 bridgehead atoms. The largest absolute Gasteiger partial charge is 0.240 e. The van der Waals surface area contributed by atoms with Gasteiger partial charge in [-0.3, -0.25) is 0 Å². The lowest BCUT2D eigenvalue weighted by Crippen LogP contribution is -2.32. The van der Waals surface area contributed by atoms with Crippen molar-refractivity contribution in [3.05, 3.63) is 29.8 Å². The highest BCUT2D eigenvalue weighted by Crippen LogP contribution is 2.33. The summed E-state index contributed by atoms with van der Waals surface area (Å²) < 4.78 is 27.0. The van der Waals surface area contributed by atoms with Crippen LogP contribution < -0.4 is 4.72 Å². The van der Waals surface area contributed by atoms with E-state index in [9.17, 15) is 8.42 Å². The minimum atomic E-state index is -3.37. The van der Waals surface area contributed by atoms with Crippen LogP contribution in [0.15, 0.2) is 29.2 Å². The number of alkyl halides is 1. The molecule has 0 aromatic heterocycles. The molecule has 1 aliphatic carbocycles. The summed E-state index contributed by atoms with van der Waals surface area (Å²) in [5.41, 5.74) is 1.07. The van der Waals surface area contributed by atoms with Gasteiger partial charge in [0.15, 0.2) is 0 Å². The van der Waals surface area contributed by atoms with E-state index in [0.717, 1.165) is 23.2 Å². The van der Waals surface area contributed by atoms with Gasteiger partial charge in [0.1, 0.15) is 0 Å².